The monoisotopic (exact) mass is 347 g/mol. The Morgan fingerprint density at radius 2 is 1.84 bits per heavy atom. The molecule has 0 aliphatic rings. The number of para-hydroxylation sites is 2. The van der Waals surface area contributed by atoms with Crippen LogP contribution in [-0.4, -0.2) is 20.7 Å². The highest BCUT2D eigenvalue weighted by atomic mass is 35.5. The van der Waals surface area contributed by atoms with Gasteiger partial charge in [0.05, 0.1) is 16.1 Å². The summed E-state index contributed by atoms with van der Waals surface area (Å²) in [5.74, 6) is 0.740. The Balaban J connectivity index is 1.68. The van der Waals surface area contributed by atoms with Crippen LogP contribution in [-0.2, 0) is 6.42 Å². The van der Waals surface area contributed by atoms with Crippen molar-refractivity contribution in [2.45, 2.75) is 6.42 Å². The van der Waals surface area contributed by atoms with Crippen LogP contribution in [0.25, 0.3) is 22.4 Å². The molecule has 0 saturated heterocycles. The number of halogens is 1. The molecule has 0 fully saturated rings. The zero-order valence-corrected chi connectivity index (χ0v) is 14.0. The van der Waals surface area contributed by atoms with Crippen LogP contribution in [0.4, 0.5) is 0 Å². The number of carbonyl (C=O) groups is 1. The first-order valence-corrected chi connectivity index (χ1v) is 8.25. The van der Waals surface area contributed by atoms with E-state index in [-0.39, 0.29) is 5.78 Å². The van der Waals surface area contributed by atoms with Gasteiger partial charge in [-0.05, 0) is 42.0 Å². The second kappa shape index (κ2) is 6.49. The number of rotatable bonds is 4. The lowest BCUT2D eigenvalue weighted by Crippen LogP contribution is -2.03. The van der Waals surface area contributed by atoms with Gasteiger partial charge in [0.2, 0.25) is 0 Å². The molecule has 0 amide bonds. The summed E-state index contributed by atoms with van der Waals surface area (Å²) in [6, 6.07) is 16.8. The topological polar surface area (TPSA) is 58.6 Å². The Labute approximate surface area is 149 Å². The van der Waals surface area contributed by atoms with Gasteiger partial charge >= 0.3 is 0 Å². The van der Waals surface area contributed by atoms with Crippen LogP contribution in [0.5, 0.6) is 0 Å². The number of imidazole rings is 1. The van der Waals surface area contributed by atoms with Crippen LogP contribution >= 0.6 is 11.6 Å². The number of hydrogen-bond acceptors (Lipinski definition) is 3. The lowest BCUT2D eigenvalue weighted by molar-refractivity contribution is 0.0993. The molecular formula is C20H14ClN3O. The normalized spacial score (nSPS) is 10.9. The Morgan fingerprint density at radius 3 is 2.64 bits per heavy atom. The highest BCUT2D eigenvalue weighted by Crippen LogP contribution is 2.29. The van der Waals surface area contributed by atoms with Crippen LogP contribution in [0, 0.1) is 0 Å². The summed E-state index contributed by atoms with van der Waals surface area (Å²) in [7, 11) is 0. The number of nitrogens with one attached hydrogen (secondary N) is 1. The van der Waals surface area contributed by atoms with Crippen molar-refractivity contribution >= 4 is 28.4 Å². The molecule has 122 valence electrons. The first kappa shape index (κ1) is 15.5. The second-order valence-electron chi connectivity index (χ2n) is 5.75. The predicted octanol–water partition coefficient (Wildman–Crippen LogP) is 4.70. The average molecular weight is 348 g/mol. The van der Waals surface area contributed by atoms with Crippen molar-refractivity contribution in [3.63, 3.8) is 0 Å². The lowest BCUT2D eigenvalue weighted by atomic mass is 10.0. The van der Waals surface area contributed by atoms with Crippen LogP contribution < -0.4 is 0 Å². The molecule has 2 aromatic carbocycles. The number of Topliss-reactive ketones (excluding diaryl/α,β-unsaturated/α-hetero) is 1. The van der Waals surface area contributed by atoms with E-state index in [0.717, 1.165) is 22.2 Å². The number of hydrogen-bond donors (Lipinski definition) is 1. The molecule has 0 aliphatic carbocycles. The van der Waals surface area contributed by atoms with E-state index >= 15 is 0 Å². The maximum atomic E-state index is 12.4. The Hall–Kier alpha value is -2.98. The van der Waals surface area contributed by atoms with E-state index in [0.29, 0.717) is 22.8 Å². The minimum Gasteiger partial charge on any atom is -0.338 e. The van der Waals surface area contributed by atoms with Gasteiger partial charge in [-0.2, -0.15) is 0 Å². The molecule has 0 spiro atoms. The number of benzene rings is 2. The Morgan fingerprint density at radius 1 is 1.04 bits per heavy atom. The fraction of sp³-hybridized carbons (Fsp3) is 0.0500. The Kier molecular flexibility index (Phi) is 4.04. The molecule has 0 aliphatic heterocycles. The van der Waals surface area contributed by atoms with Gasteiger partial charge in [0.25, 0.3) is 0 Å². The molecule has 4 aromatic rings. The summed E-state index contributed by atoms with van der Waals surface area (Å²) >= 11 is 6.36. The second-order valence-corrected chi connectivity index (χ2v) is 6.16. The van der Waals surface area contributed by atoms with Gasteiger partial charge < -0.3 is 4.98 Å². The fourth-order valence-corrected chi connectivity index (χ4v) is 2.98. The first-order valence-electron chi connectivity index (χ1n) is 7.87. The van der Waals surface area contributed by atoms with Gasteiger partial charge in [0.1, 0.15) is 5.82 Å². The summed E-state index contributed by atoms with van der Waals surface area (Å²) < 4.78 is 0. The number of ketones is 1. The molecule has 4 rings (SSSR count). The summed E-state index contributed by atoms with van der Waals surface area (Å²) in [5, 5.41) is 0.596. The van der Waals surface area contributed by atoms with Gasteiger partial charge in [-0.15, -0.1) is 0 Å². The molecule has 2 heterocycles. The van der Waals surface area contributed by atoms with Crippen LogP contribution in [0.15, 0.2) is 67.0 Å². The van der Waals surface area contributed by atoms with Gasteiger partial charge in [0.15, 0.2) is 5.78 Å². The standard InChI is InChI=1S/C20H14ClN3O/c21-16-6-5-13(12-19(25)14-7-9-22-10-8-14)11-15(16)20-23-17-3-1-2-4-18(17)24-20/h1-11H,12H2,(H,23,24). The van der Waals surface area contributed by atoms with E-state index in [4.69, 9.17) is 11.6 Å². The fourth-order valence-electron chi connectivity index (χ4n) is 2.77. The minimum atomic E-state index is 0.0419. The average Bonchev–Trinajstić information content (AvgIpc) is 3.08. The molecule has 25 heavy (non-hydrogen) atoms. The van der Waals surface area contributed by atoms with Gasteiger partial charge in [0, 0.05) is 29.9 Å². The van der Waals surface area contributed by atoms with Crippen LogP contribution in [0.1, 0.15) is 15.9 Å². The molecular weight excluding hydrogens is 334 g/mol. The lowest BCUT2D eigenvalue weighted by Gasteiger charge is -2.06. The summed E-state index contributed by atoms with van der Waals surface area (Å²) in [5.41, 5.74) is 4.16. The quantitative estimate of drug-likeness (QED) is 0.544. The molecule has 0 bridgehead atoms. The molecule has 2 aromatic heterocycles. The van der Waals surface area contributed by atoms with Crippen molar-refractivity contribution in [2.75, 3.05) is 0 Å². The highest BCUT2D eigenvalue weighted by molar-refractivity contribution is 6.33. The van der Waals surface area contributed by atoms with Crippen LogP contribution in [0.3, 0.4) is 0 Å². The third-order valence-corrected chi connectivity index (χ3v) is 4.37. The molecule has 0 radical (unpaired) electrons. The number of nitrogens with zero attached hydrogens (tertiary/aromatic N) is 2. The number of aromatic amines is 1. The number of H-pyrrole nitrogens is 1. The zero-order valence-electron chi connectivity index (χ0n) is 13.2. The number of carbonyl (C=O) groups excluding carboxylic acids is 1. The van der Waals surface area contributed by atoms with Crippen molar-refractivity contribution in [2.24, 2.45) is 0 Å². The van der Waals surface area contributed by atoms with E-state index in [2.05, 4.69) is 15.0 Å². The molecule has 1 N–H and O–H groups in total. The smallest absolute Gasteiger partial charge is 0.167 e. The summed E-state index contributed by atoms with van der Waals surface area (Å²) in [4.78, 5) is 24.2. The molecule has 0 unspecified atom stereocenters. The van der Waals surface area contributed by atoms with Crippen molar-refractivity contribution < 1.29 is 4.79 Å². The third kappa shape index (κ3) is 3.16. The van der Waals surface area contributed by atoms with E-state index in [1.807, 2.05) is 36.4 Å². The molecule has 4 nitrogen and oxygen atoms in total. The summed E-state index contributed by atoms with van der Waals surface area (Å²) in [6.07, 6.45) is 3.54. The van der Waals surface area contributed by atoms with E-state index in [1.54, 1.807) is 30.6 Å². The van der Waals surface area contributed by atoms with Crippen molar-refractivity contribution in [1.82, 2.24) is 15.0 Å². The van der Waals surface area contributed by atoms with E-state index in [1.165, 1.54) is 0 Å². The van der Waals surface area contributed by atoms with E-state index in [9.17, 15) is 4.79 Å². The van der Waals surface area contributed by atoms with Crippen LogP contribution in [0.2, 0.25) is 5.02 Å². The highest BCUT2D eigenvalue weighted by Gasteiger charge is 2.12. The predicted molar refractivity (Wildman–Crippen MR) is 98.8 cm³/mol. The largest absolute Gasteiger partial charge is 0.338 e. The summed E-state index contributed by atoms with van der Waals surface area (Å²) in [6.45, 7) is 0. The SMILES string of the molecule is O=C(Cc1ccc(Cl)c(-c2nc3ccccc3[nH]2)c1)c1ccncc1. The number of pyridine rings is 1. The number of aromatic nitrogens is 3. The van der Waals surface area contributed by atoms with Gasteiger partial charge in [-0.25, -0.2) is 4.98 Å². The third-order valence-electron chi connectivity index (χ3n) is 4.04. The van der Waals surface area contributed by atoms with Crippen molar-refractivity contribution in [1.29, 1.82) is 0 Å². The van der Waals surface area contributed by atoms with Crippen molar-refractivity contribution in [3.8, 4) is 11.4 Å². The molecule has 5 heteroatoms. The molecule has 0 atom stereocenters. The Bertz CT molecular complexity index is 1020. The van der Waals surface area contributed by atoms with Crippen molar-refractivity contribution in [3.05, 3.63) is 83.1 Å². The van der Waals surface area contributed by atoms with Gasteiger partial charge in [-0.1, -0.05) is 29.8 Å². The maximum absolute atomic E-state index is 12.4. The zero-order chi connectivity index (χ0) is 17.2. The van der Waals surface area contributed by atoms with Gasteiger partial charge in [-0.3, -0.25) is 9.78 Å². The number of fused-ring (bicyclic) bond motifs is 1. The molecule has 0 saturated carbocycles. The maximum Gasteiger partial charge on any atom is 0.167 e. The minimum absolute atomic E-state index is 0.0419. The first-order chi connectivity index (χ1) is 12.2. The van der Waals surface area contributed by atoms with E-state index < -0.39 is 0 Å².